The number of rotatable bonds is 7. The molecule has 0 aromatic heterocycles. The third-order valence-electron chi connectivity index (χ3n) is 3.67. The molecular formula is C13H25NO4. The van der Waals surface area contributed by atoms with Crippen molar-refractivity contribution < 1.29 is 19.1 Å². The fraction of sp³-hybridized carbons (Fsp3) is 0.846. The first-order valence-electron chi connectivity index (χ1n) is 6.08. The van der Waals surface area contributed by atoms with Crippen molar-refractivity contribution in [3.8, 4) is 0 Å². The molecular weight excluding hydrogens is 234 g/mol. The van der Waals surface area contributed by atoms with Crippen LogP contribution in [-0.4, -0.2) is 50.7 Å². The highest BCUT2D eigenvalue weighted by atomic mass is 16.5. The summed E-state index contributed by atoms with van der Waals surface area (Å²) >= 11 is 0. The summed E-state index contributed by atoms with van der Waals surface area (Å²) in [5, 5.41) is 0. The summed E-state index contributed by atoms with van der Waals surface area (Å²) in [6, 6.07) is 0. The number of methoxy groups -OCH3 is 2. The molecule has 0 aromatic rings. The Morgan fingerprint density at radius 2 is 1.89 bits per heavy atom. The Hall–Kier alpha value is -1.10. The lowest BCUT2D eigenvalue weighted by Crippen LogP contribution is -2.38. The van der Waals surface area contributed by atoms with Crippen LogP contribution in [0.2, 0.25) is 0 Å². The molecule has 0 aliphatic carbocycles. The van der Waals surface area contributed by atoms with Gasteiger partial charge < -0.3 is 14.4 Å². The molecule has 0 rings (SSSR count). The van der Waals surface area contributed by atoms with E-state index in [4.69, 9.17) is 9.47 Å². The minimum Gasteiger partial charge on any atom is -0.469 e. The Morgan fingerprint density at radius 1 is 1.33 bits per heavy atom. The highest BCUT2D eigenvalue weighted by molar-refractivity contribution is 5.72. The summed E-state index contributed by atoms with van der Waals surface area (Å²) in [6.07, 6.45) is 0.884. The lowest BCUT2D eigenvalue weighted by Gasteiger charge is -2.35. The zero-order valence-corrected chi connectivity index (χ0v) is 12.3. The summed E-state index contributed by atoms with van der Waals surface area (Å²) in [7, 11) is 4.75. The van der Waals surface area contributed by atoms with E-state index < -0.39 is 0 Å². The van der Waals surface area contributed by atoms with Gasteiger partial charge in [0, 0.05) is 33.0 Å². The van der Waals surface area contributed by atoms with Crippen molar-refractivity contribution >= 4 is 11.9 Å². The van der Waals surface area contributed by atoms with E-state index in [2.05, 4.69) is 0 Å². The number of hydrogen-bond donors (Lipinski definition) is 0. The molecule has 0 aliphatic heterocycles. The van der Waals surface area contributed by atoms with Crippen molar-refractivity contribution in [2.24, 2.45) is 5.41 Å². The van der Waals surface area contributed by atoms with E-state index in [-0.39, 0.29) is 29.8 Å². The number of amides is 1. The van der Waals surface area contributed by atoms with Gasteiger partial charge in [-0.1, -0.05) is 6.92 Å². The summed E-state index contributed by atoms with van der Waals surface area (Å²) in [6.45, 7) is 6.02. The average Bonchev–Trinajstić information content (AvgIpc) is 2.34. The monoisotopic (exact) mass is 259 g/mol. The molecule has 2 atom stereocenters. The smallest absolute Gasteiger partial charge is 0.306 e. The maximum absolute atomic E-state index is 11.5. The quantitative estimate of drug-likeness (QED) is 0.649. The number of nitrogens with zero attached hydrogens (tertiary/aromatic N) is 1. The zero-order chi connectivity index (χ0) is 14.3. The van der Waals surface area contributed by atoms with Crippen LogP contribution in [0.5, 0.6) is 0 Å². The Bertz CT molecular complexity index is 293. The predicted molar refractivity (Wildman–Crippen MR) is 69.1 cm³/mol. The minimum absolute atomic E-state index is 0.0143. The van der Waals surface area contributed by atoms with Crippen LogP contribution in [0, 0.1) is 5.41 Å². The van der Waals surface area contributed by atoms with Gasteiger partial charge in [0.25, 0.3) is 0 Å². The van der Waals surface area contributed by atoms with E-state index in [1.54, 1.807) is 19.1 Å². The molecule has 5 heteroatoms. The Morgan fingerprint density at radius 3 is 2.28 bits per heavy atom. The maximum Gasteiger partial charge on any atom is 0.306 e. The summed E-state index contributed by atoms with van der Waals surface area (Å²) in [4.78, 5) is 24.3. The van der Waals surface area contributed by atoms with Gasteiger partial charge in [0.05, 0.1) is 19.6 Å². The van der Waals surface area contributed by atoms with Gasteiger partial charge in [-0.3, -0.25) is 9.59 Å². The van der Waals surface area contributed by atoms with Gasteiger partial charge in [-0.15, -0.1) is 0 Å². The topological polar surface area (TPSA) is 55.8 Å². The second-order valence-corrected chi connectivity index (χ2v) is 4.98. The molecule has 0 saturated carbocycles. The molecule has 0 aliphatic rings. The molecule has 1 amide bonds. The number of carbonyl (C=O) groups excluding carboxylic acids is 2. The molecule has 106 valence electrons. The van der Waals surface area contributed by atoms with Crippen molar-refractivity contribution in [2.45, 2.75) is 39.7 Å². The maximum atomic E-state index is 11.5. The zero-order valence-electron chi connectivity index (χ0n) is 12.3. The van der Waals surface area contributed by atoms with Crippen LogP contribution < -0.4 is 0 Å². The molecule has 0 N–H and O–H groups in total. The third kappa shape index (κ3) is 5.04. The highest BCUT2D eigenvalue weighted by Gasteiger charge is 2.34. The normalized spacial score (nSPS) is 15.7. The summed E-state index contributed by atoms with van der Waals surface area (Å²) in [5.74, 6) is -0.243. The van der Waals surface area contributed by atoms with Crippen LogP contribution in [0.15, 0.2) is 0 Å². The summed E-state index contributed by atoms with van der Waals surface area (Å²) < 4.78 is 10.1. The van der Waals surface area contributed by atoms with Crippen LogP contribution in [0.3, 0.4) is 0 Å². The first kappa shape index (κ1) is 16.9. The van der Waals surface area contributed by atoms with Crippen molar-refractivity contribution in [2.75, 3.05) is 27.8 Å². The van der Waals surface area contributed by atoms with E-state index >= 15 is 0 Å². The van der Waals surface area contributed by atoms with Gasteiger partial charge in [0.2, 0.25) is 5.91 Å². The molecule has 0 radical (unpaired) electrons. The molecule has 0 fully saturated rings. The molecule has 5 nitrogen and oxygen atoms in total. The van der Waals surface area contributed by atoms with Crippen LogP contribution in [0.4, 0.5) is 0 Å². The number of esters is 1. The van der Waals surface area contributed by atoms with E-state index in [1.165, 1.54) is 14.0 Å². The minimum atomic E-state index is -0.342. The highest BCUT2D eigenvalue weighted by Crippen LogP contribution is 2.32. The van der Waals surface area contributed by atoms with Crippen LogP contribution >= 0.6 is 0 Å². The van der Waals surface area contributed by atoms with Gasteiger partial charge in [0.1, 0.15) is 0 Å². The third-order valence-corrected chi connectivity index (χ3v) is 3.67. The fourth-order valence-corrected chi connectivity index (χ4v) is 1.70. The standard InChI is InChI=1S/C13H25NO4/c1-10(17-5)13(3,9-12(16)18-6)7-8-14(4)11(2)15/h10H,7-9H2,1-6H3. The lowest BCUT2D eigenvalue weighted by atomic mass is 9.78. The van der Waals surface area contributed by atoms with E-state index in [1.807, 2.05) is 13.8 Å². The Labute approximate surface area is 109 Å². The Balaban J connectivity index is 4.67. The van der Waals surface area contributed by atoms with E-state index in [9.17, 15) is 9.59 Å². The molecule has 0 aromatic carbocycles. The van der Waals surface area contributed by atoms with Crippen LogP contribution in [-0.2, 0) is 19.1 Å². The van der Waals surface area contributed by atoms with E-state index in [0.29, 0.717) is 13.0 Å². The number of carbonyl (C=O) groups is 2. The second-order valence-electron chi connectivity index (χ2n) is 4.98. The van der Waals surface area contributed by atoms with Gasteiger partial charge in [-0.25, -0.2) is 0 Å². The van der Waals surface area contributed by atoms with Crippen LogP contribution in [0.1, 0.15) is 33.6 Å². The SMILES string of the molecule is COC(=O)CC(C)(CCN(C)C(C)=O)C(C)OC. The average molecular weight is 259 g/mol. The molecule has 0 spiro atoms. The first-order valence-corrected chi connectivity index (χ1v) is 6.08. The van der Waals surface area contributed by atoms with Gasteiger partial charge in [0.15, 0.2) is 0 Å². The number of hydrogen-bond acceptors (Lipinski definition) is 4. The fourth-order valence-electron chi connectivity index (χ4n) is 1.70. The van der Waals surface area contributed by atoms with Gasteiger partial charge in [-0.2, -0.15) is 0 Å². The van der Waals surface area contributed by atoms with Crippen molar-refractivity contribution in [3.63, 3.8) is 0 Å². The molecule has 0 bridgehead atoms. The van der Waals surface area contributed by atoms with Gasteiger partial charge in [-0.05, 0) is 13.3 Å². The number of ether oxygens (including phenoxy) is 2. The van der Waals surface area contributed by atoms with Crippen LogP contribution in [0.25, 0.3) is 0 Å². The molecule has 2 unspecified atom stereocenters. The largest absolute Gasteiger partial charge is 0.469 e. The summed E-state index contributed by atoms with van der Waals surface area (Å²) in [5.41, 5.74) is -0.342. The van der Waals surface area contributed by atoms with Crippen molar-refractivity contribution in [1.29, 1.82) is 0 Å². The van der Waals surface area contributed by atoms with Crippen molar-refractivity contribution in [1.82, 2.24) is 4.90 Å². The molecule has 18 heavy (non-hydrogen) atoms. The predicted octanol–water partition coefficient (Wildman–Crippen LogP) is 1.46. The first-order chi connectivity index (χ1) is 8.26. The van der Waals surface area contributed by atoms with Crippen molar-refractivity contribution in [3.05, 3.63) is 0 Å². The second kappa shape index (κ2) is 7.36. The van der Waals surface area contributed by atoms with E-state index in [0.717, 1.165) is 0 Å². The lowest BCUT2D eigenvalue weighted by molar-refractivity contribution is -0.146. The molecule has 0 saturated heterocycles. The van der Waals surface area contributed by atoms with Gasteiger partial charge >= 0.3 is 5.97 Å². The molecule has 0 heterocycles. The Kier molecular flexibility index (Phi) is 6.91.